The molecule has 6 rings (SSSR count). The number of hydrogen-bond acceptors (Lipinski definition) is 6. The van der Waals surface area contributed by atoms with Gasteiger partial charge in [-0.05, 0) is 56.5 Å². The highest BCUT2D eigenvalue weighted by Crippen LogP contribution is 2.38. The zero-order valence-corrected chi connectivity index (χ0v) is 16.9. The lowest BCUT2D eigenvalue weighted by Crippen LogP contribution is -2.52. The van der Waals surface area contributed by atoms with E-state index >= 15 is 0 Å². The quantitative estimate of drug-likeness (QED) is 0.857. The molecule has 5 heterocycles. The van der Waals surface area contributed by atoms with E-state index in [2.05, 4.69) is 57.5 Å². The molecule has 0 atom stereocenters. The van der Waals surface area contributed by atoms with Crippen LogP contribution in [-0.4, -0.2) is 62.0 Å². The molecule has 0 radical (unpaired) electrons. The minimum Gasteiger partial charge on any atom is -0.367 e. The second-order valence-corrected chi connectivity index (χ2v) is 8.59. The number of rotatable bonds is 2. The van der Waals surface area contributed by atoms with E-state index in [0.29, 0.717) is 5.54 Å². The van der Waals surface area contributed by atoms with Crippen molar-refractivity contribution in [2.75, 3.05) is 26.2 Å². The van der Waals surface area contributed by atoms with Gasteiger partial charge in [-0.2, -0.15) is 5.10 Å². The highest BCUT2D eigenvalue weighted by atomic mass is 15.3. The lowest BCUT2D eigenvalue weighted by molar-refractivity contribution is 0.237. The Kier molecular flexibility index (Phi) is 3.53. The maximum absolute atomic E-state index is 4.89. The second-order valence-electron chi connectivity index (χ2n) is 8.59. The molecule has 1 saturated heterocycles. The summed E-state index contributed by atoms with van der Waals surface area (Å²) in [6.45, 7) is 8.11. The fourth-order valence-electron chi connectivity index (χ4n) is 4.51. The first kappa shape index (κ1) is 17.0. The van der Waals surface area contributed by atoms with Gasteiger partial charge in [0.05, 0.1) is 23.3 Å². The predicted octanol–water partition coefficient (Wildman–Crippen LogP) is 2.25. The Balaban J connectivity index is 1.26. The van der Waals surface area contributed by atoms with Crippen LogP contribution in [0.1, 0.15) is 29.8 Å². The summed E-state index contributed by atoms with van der Waals surface area (Å²) >= 11 is 0. The van der Waals surface area contributed by atoms with Crippen LogP contribution in [0.15, 0.2) is 47.4 Å². The van der Waals surface area contributed by atoms with Crippen LogP contribution < -0.4 is 5.32 Å². The molecule has 2 aromatic rings. The van der Waals surface area contributed by atoms with Gasteiger partial charge in [0.2, 0.25) is 0 Å². The molecular formula is C22H25N7. The molecule has 1 N–H and O–H groups in total. The second kappa shape index (κ2) is 6.03. The van der Waals surface area contributed by atoms with Crippen molar-refractivity contribution in [1.82, 2.24) is 29.7 Å². The summed E-state index contributed by atoms with van der Waals surface area (Å²) in [5.41, 5.74) is 6.48. The molecule has 1 spiro atoms. The van der Waals surface area contributed by atoms with Crippen LogP contribution in [0.3, 0.4) is 0 Å². The largest absolute Gasteiger partial charge is 0.367 e. The summed E-state index contributed by atoms with van der Waals surface area (Å²) in [6, 6.07) is 2.08. The van der Waals surface area contributed by atoms with Gasteiger partial charge in [0.25, 0.3) is 0 Å². The minimum atomic E-state index is 0.379. The van der Waals surface area contributed by atoms with Gasteiger partial charge in [0, 0.05) is 37.9 Å². The molecule has 148 valence electrons. The highest BCUT2D eigenvalue weighted by molar-refractivity contribution is 6.00. The molecule has 7 nitrogen and oxygen atoms in total. The molecule has 2 fully saturated rings. The van der Waals surface area contributed by atoms with Gasteiger partial charge in [-0.3, -0.25) is 0 Å². The van der Waals surface area contributed by atoms with Crippen LogP contribution in [0, 0.1) is 13.8 Å². The molecular weight excluding hydrogens is 362 g/mol. The molecule has 3 aliphatic heterocycles. The van der Waals surface area contributed by atoms with E-state index in [-0.39, 0.29) is 0 Å². The van der Waals surface area contributed by atoms with Crippen molar-refractivity contribution in [2.45, 2.75) is 32.2 Å². The fourth-order valence-corrected chi connectivity index (χ4v) is 4.51. The number of hydrogen-bond donors (Lipinski definition) is 1. The lowest BCUT2D eigenvalue weighted by atomic mass is 10.1. The van der Waals surface area contributed by atoms with Gasteiger partial charge in [0.15, 0.2) is 5.65 Å². The van der Waals surface area contributed by atoms with Gasteiger partial charge in [-0.1, -0.05) is 0 Å². The number of aromatic nitrogens is 3. The van der Waals surface area contributed by atoms with Crippen molar-refractivity contribution in [1.29, 1.82) is 0 Å². The van der Waals surface area contributed by atoms with Crippen LogP contribution >= 0.6 is 0 Å². The Labute approximate surface area is 170 Å². The number of nitrogens with zero attached hydrogens (tertiary/aromatic N) is 6. The predicted molar refractivity (Wildman–Crippen MR) is 113 cm³/mol. The molecule has 1 aliphatic carbocycles. The summed E-state index contributed by atoms with van der Waals surface area (Å²) in [5, 5.41) is 8.42. The lowest BCUT2D eigenvalue weighted by Gasteiger charge is -2.38. The van der Waals surface area contributed by atoms with Gasteiger partial charge in [-0.25, -0.2) is 14.5 Å². The van der Waals surface area contributed by atoms with E-state index in [9.17, 15) is 0 Å². The first-order valence-electron chi connectivity index (χ1n) is 10.4. The highest BCUT2D eigenvalue weighted by Gasteiger charge is 2.45. The maximum atomic E-state index is 4.89. The summed E-state index contributed by atoms with van der Waals surface area (Å²) in [6.07, 6.45) is 13.3. The smallest absolute Gasteiger partial charge is 0.156 e. The molecule has 1 saturated carbocycles. The van der Waals surface area contributed by atoms with Gasteiger partial charge in [0.1, 0.15) is 11.5 Å². The number of allylic oxidation sites excluding steroid dienone is 1. The molecule has 4 aliphatic rings. The monoisotopic (exact) mass is 387 g/mol. The molecule has 29 heavy (non-hydrogen) atoms. The van der Waals surface area contributed by atoms with Crippen molar-refractivity contribution in [3.05, 3.63) is 59.3 Å². The number of amidine groups is 1. The first-order chi connectivity index (χ1) is 14.1. The Morgan fingerprint density at radius 2 is 2.07 bits per heavy atom. The summed E-state index contributed by atoms with van der Waals surface area (Å²) in [4.78, 5) is 14.2. The van der Waals surface area contributed by atoms with Crippen LogP contribution in [0.4, 0.5) is 0 Å². The third-order valence-electron chi connectivity index (χ3n) is 6.29. The molecule has 0 aromatic carbocycles. The summed E-state index contributed by atoms with van der Waals surface area (Å²) in [7, 11) is 0. The van der Waals surface area contributed by atoms with E-state index < -0.39 is 0 Å². The Morgan fingerprint density at radius 3 is 2.93 bits per heavy atom. The van der Waals surface area contributed by atoms with Gasteiger partial charge < -0.3 is 15.1 Å². The van der Waals surface area contributed by atoms with Crippen molar-refractivity contribution in [3.63, 3.8) is 0 Å². The zero-order chi connectivity index (χ0) is 19.6. The average Bonchev–Trinajstić information content (AvgIpc) is 3.35. The number of aryl methyl sites for hydroxylation is 2. The average molecular weight is 387 g/mol. The van der Waals surface area contributed by atoms with Crippen molar-refractivity contribution in [3.8, 4) is 0 Å². The van der Waals surface area contributed by atoms with Crippen LogP contribution in [0.2, 0.25) is 0 Å². The first-order valence-corrected chi connectivity index (χ1v) is 10.4. The summed E-state index contributed by atoms with van der Waals surface area (Å²) in [5.74, 6) is 0.976. The Morgan fingerprint density at radius 1 is 1.17 bits per heavy atom. The Hall–Kier alpha value is -2.93. The van der Waals surface area contributed by atoms with Crippen molar-refractivity contribution >= 4 is 17.2 Å². The fraction of sp³-hybridized carbons (Fsp3) is 0.409. The third-order valence-corrected chi connectivity index (χ3v) is 6.29. The maximum Gasteiger partial charge on any atom is 0.156 e. The Bertz CT molecular complexity index is 1130. The molecule has 0 bridgehead atoms. The van der Waals surface area contributed by atoms with Crippen molar-refractivity contribution < 1.29 is 0 Å². The number of imidazole rings is 1. The molecule has 7 heteroatoms. The minimum absolute atomic E-state index is 0.379. The topological polar surface area (TPSA) is 61.1 Å². The van der Waals surface area contributed by atoms with Gasteiger partial charge >= 0.3 is 0 Å². The number of piperazine rings is 1. The number of fused-ring (bicyclic) bond motifs is 2. The SMILES string of the molecule is Cc1cn2nc(C3=CCN4C=C(N5CCNC6(CC6)C5)C=CC4=N3)cc(C)c2n1. The van der Waals surface area contributed by atoms with Crippen LogP contribution in [0.25, 0.3) is 11.3 Å². The van der Waals surface area contributed by atoms with E-state index in [1.54, 1.807) is 0 Å². The molecule has 0 unspecified atom stereocenters. The summed E-state index contributed by atoms with van der Waals surface area (Å²) < 4.78 is 1.86. The van der Waals surface area contributed by atoms with Gasteiger partial charge in [-0.15, -0.1) is 0 Å². The molecule has 2 aromatic heterocycles. The van der Waals surface area contributed by atoms with E-state index in [1.807, 2.05) is 17.6 Å². The van der Waals surface area contributed by atoms with Crippen LogP contribution in [-0.2, 0) is 0 Å². The van der Waals surface area contributed by atoms with Crippen molar-refractivity contribution in [2.24, 2.45) is 4.99 Å². The zero-order valence-electron chi connectivity index (χ0n) is 16.9. The van der Waals surface area contributed by atoms with Crippen LogP contribution in [0.5, 0.6) is 0 Å². The van der Waals surface area contributed by atoms with E-state index in [1.165, 1.54) is 18.5 Å². The number of nitrogens with one attached hydrogen (secondary N) is 1. The number of aliphatic imine (C=N–C) groups is 1. The normalized spacial score (nSPS) is 22.5. The van der Waals surface area contributed by atoms with E-state index in [4.69, 9.17) is 10.1 Å². The standard InChI is InChI=1S/C22H25N7/c1-15-11-19(26-29-12-16(2)24-21(15)29)18-5-9-27-13-17(3-4-20(27)25-18)28-10-8-23-22(14-28)6-7-22/h3-5,11-13,23H,6-10,14H2,1-2H3. The molecule has 0 amide bonds. The van der Waals surface area contributed by atoms with E-state index in [0.717, 1.165) is 60.3 Å². The third kappa shape index (κ3) is 2.88.